The molecule has 8 heteroatoms. The topological polar surface area (TPSA) is 109 Å². The summed E-state index contributed by atoms with van der Waals surface area (Å²) in [7, 11) is -4.02. The van der Waals surface area contributed by atoms with E-state index < -0.39 is 16.0 Å². The highest BCUT2D eigenvalue weighted by atomic mass is 79.9. The fourth-order valence-corrected chi connectivity index (χ4v) is 3.18. The molecule has 0 atom stereocenters. The number of nitrogens with one attached hydrogen (secondary N) is 1. The van der Waals surface area contributed by atoms with Gasteiger partial charge in [-0.2, -0.15) is 0 Å². The zero-order valence-corrected chi connectivity index (χ0v) is 13.0. The van der Waals surface area contributed by atoms with Gasteiger partial charge in [0, 0.05) is 15.8 Å². The second kappa shape index (κ2) is 5.74. The van der Waals surface area contributed by atoms with Crippen LogP contribution in [0.1, 0.15) is 10.4 Å². The van der Waals surface area contributed by atoms with Gasteiger partial charge in [-0.1, -0.05) is 15.9 Å². The Morgan fingerprint density at radius 2 is 1.76 bits per heavy atom. The van der Waals surface area contributed by atoms with E-state index in [-0.39, 0.29) is 16.1 Å². The van der Waals surface area contributed by atoms with Gasteiger partial charge in [0.15, 0.2) is 0 Å². The van der Waals surface area contributed by atoms with Crippen molar-refractivity contribution in [1.29, 1.82) is 0 Å². The normalized spacial score (nSPS) is 11.1. The number of halogens is 1. The average molecular weight is 371 g/mol. The monoisotopic (exact) mass is 370 g/mol. The molecule has 0 heterocycles. The van der Waals surface area contributed by atoms with Gasteiger partial charge in [0.1, 0.15) is 4.90 Å². The maximum absolute atomic E-state index is 12.3. The lowest BCUT2D eigenvalue weighted by molar-refractivity contribution is 0.0692. The molecule has 0 aliphatic heterocycles. The largest absolute Gasteiger partial charge is 0.478 e. The first-order chi connectivity index (χ1) is 9.79. The zero-order valence-electron chi connectivity index (χ0n) is 10.6. The Morgan fingerprint density at radius 1 is 1.14 bits per heavy atom. The number of carbonyl (C=O) groups is 1. The number of aromatic carboxylic acids is 1. The van der Waals surface area contributed by atoms with Crippen LogP contribution in [0.3, 0.4) is 0 Å². The van der Waals surface area contributed by atoms with Crippen molar-refractivity contribution >= 4 is 43.3 Å². The Balaban J connectivity index is 2.44. The lowest BCUT2D eigenvalue weighted by Gasteiger charge is -2.11. The highest BCUT2D eigenvalue weighted by molar-refractivity contribution is 9.10. The Bertz CT molecular complexity index is 788. The molecule has 0 aliphatic carbocycles. The minimum atomic E-state index is -4.02. The van der Waals surface area contributed by atoms with Crippen LogP contribution in [0.25, 0.3) is 0 Å². The third kappa shape index (κ3) is 3.53. The molecule has 0 amide bonds. The number of carboxylic acids is 1. The predicted molar refractivity (Wildman–Crippen MR) is 82.8 cm³/mol. The van der Waals surface area contributed by atoms with Gasteiger partial charge in [-0.25, -0.2) is 13.2 Å². The van der Waals surface area contributed by atoms with Crippen LogP contribution in [0.2, 0.25) is 0 Å². The van der Waals surface area contributed by atoms with Gasteiger partial charge in [0.05, 0.1) is 5.56 Å². The summed E-state index contributed by atoms with van der Waals surface area (Å²) in [6, 6.07) is 10.1. The van der Waals surface area contributed by atoms with Gasteiger partial charge < -0.3 is 10.8 Å². The Kier molecular flexibility index (Phi) is 4.19. The van der Waals surface area contributed by atoms with E-state index in [1.54, 1.807) is 24.3 Å². The number of carboxylic acid groups (broad SMARTS) is 1. The van der Waals surface area contributed by atoms with Crippen molar-refractivity contribution in [3.63, 3.8) is 0 Å². The molecule has 0 aliphatic rings. The average Bonchev–Trinajstić information content (AvgIpc) is 2.40. The second-order valence-corrected chi connectivity index (χ2v) is 6.74. The van der Waals surface area contributed by atoms with E-state index in [9.17, 15) is 13.2 Å². The SMILES string of the molecule is Nc1ccc(S(=O)(=O)Nc2ccc(Br)cc2)c(C(=O)O)c1. The Hall–Kier alpha value is -2.06. The van der Waals surface area contributed by atoms with Gasteiger partial charge in [0.2, 0.25) is 0 Å². The van der Waals surface area contributed by atoms with E-state index in [1.165, 1.54) is 12.1 Å². The van der Waals surface area contributed by atoms with Crippen molar-refractivity contribution in [2.75, 3.05) is 10.5 Å². The number of hydrogen-bond donors (Lipinski definition) is 3. The maximum atomic E-state index is 12.3. The number of nitrogens with two attached hydrogens (primary N) is 1. The minimum Gasteiger partial charge on any atom is -0.478 e. The summed E-state index contributed by atoms with van der Waals surface area (Å²) in [6.45, 7) is 0. The van der Waals surface area contributed by atoms with E-state index in [0.29, 0.717) is 5.69 Å². The molecular formula is C13H11BrN2O4S. The number of sulfonamides is 1. The molecule has 2 aromatic rings. The standard InChI is InChI=1S/C13H11BrN2O4S/c14-8-1-4-10(5-2-8)16-21(19,20)12-6-3-9(15)7-11(12)13(17)18/h1-7,16H,15H2,(H,17,18). The lowest BCUT2D eigenvalue weighted by atomic mass is 10.2. The van der Waals surface area contributed by atoms with Crippen LogP contribution < -0.4 is 10.5 Å². The van der Waals surface area contributed by atoms with Crippen molar-refractivity contribution in [1.82, 2.24) is 0 Å². The molecule has 4 N–H and O–H groups in total. The van der Waals surface area contributed by atoms with Gasteiger partial charge in [-0.05, 0) is 42.5 Å². The van der Waals surface area contributed by atoms with Crippen LogP contribution >= 0.6 is 15.9 Å². The Morgan fingerprint density at radius 3 is 2.33 bits per heavy atom. The van der Waals surface area contributed by atoms with Crippen molar-refractivity contribution in [2.24, 2.45) is 0 Å². The van der Waals surface area contributed by atoms with Gasteiger partial charge >= 0.3 is 5.97 Å². The van der Waals surface area contributed by atoms with E-state index >= 15 is 0 Å². The van der Waals surface area contributed by atoms with E-state index in [2.05, 4.69) is 20.7 Å². The number of benzene rings is 2. The summed E-state index contributed by atoms with van der Waals surface area (Å²) in [4.78, 5) is 10.8. The summed E-state index contributed by atoms with van der Waals surface area (Å²) in [5.74, 6) is -1.36. The number of nitrogen functional groups attached to an aromatic ring is 1. The molecule has 0 fully saturated rings. The number of hydrogen-bond acceptors (Lipinski definition) is 4. The third-order valence-corrected chi connectivity index (χ3v) is 4.59. The molecule has 6 nitrogen and oxygen atoms in total. The van der Waals surface area contributed by atoms with Gasteiger partial charge in [0.25, 0.3) is 10.0 Å². The van der Waals surface area contributed by atoms with E-state index in [1.807, 2.05) is 0 Å². The van der Waals surface area contributed by atoms with Crippen LogP contribution in [0.15, 0.2) is 51.8 Å². The van der Waals surface area contributed by atoms with Crippen molar-refractivity contribution in [3.05, 3.63) is 52.5 Å². The van der Waals surface area contributed by atoms with Crippen LogP contribution in [0.4, 0.5) is 11.4 Å². The molecule has 0 unspecified atom stereocenters. The first-order valence-corrected chi connectivity index (χ1v) is 7.98. The van der Waals surface area contributed by atoms with Crippen LogP contribution in [-0.2, 0) is 10.0 Å². The predicted octanol–water partition coefficient (Wildman–Crippen LogP) is 2.53. The summed E-state index contributed by atoms with van der Waals surface area (Å²) in [5.41, 5.74) is 5.62. The highest BCUT2D eigenvalue weighted by Crippen LogP contribution is 2.23. The molecule has 0 saturated heterocycles. The highest BCUT2D eigenvalue weighted by Gasteiger charge is 2.22. The molecule has 2 aromatic carbocycles. The molecule has 2 rings (SSSR count). The number of anilines is 2. The molecule has 0 spiro atoms. The minimum absolute atomic E-state index is 0.176. The van der Waals surface area contributed by atoms with Gasteiger partial charge in [-0.3, -0.25) is 4.72 Å². The summed E-state index contributed by atoms with van der Waals surface area (Å²) >= 11 is 3.24. The number of rotatable bonds is 4. The van der Waals surface area contributed by atoms with Crippen molar-refractivity contribution in [2.45, 2.75) is 4.90 Å². The molecule has 21 heavy (non-hydrogen) atoms. The molecule has 0 radical (unpaired) electrons. The van der Waals surface area contributed by atoms with Crippen molar-refractivity contribution in [3.8, 4) is 0 Å². The zero-order chi connectivity index (χ0) is 15.6. The summed E-state index contributed by atoms with van der Waals surface area (Å²) in [6.07, 6.45) is 0. The van der Waals surface area contributed by atoms with E-state index in [4.69, 9.17) is 10.8 Å². The smallest absolute Gasteiger partial charge is 0.337 e. The second-order valence-electron chi connectivity index (χ2n) is 4.17. The van der Waals surface area contributed by atoms with Crippen LogP contribution in [0, 0.1) is 0 Å². The quantitative estimate of drug-likeness (QED) is 0.716. The maximum Gasteiger partial charge on any atom is 0.337 e. The van der Waals surface area contributed by atoms with Crippen molar-refractivity contribution < 1.29 is 18.3 Å². The summed E-state index contributed by atoms with van der Waals surface area (Å²) in [5, 5.41) is 9.10. The van der Waals surface area contributed by atoms with Gasteiger partial charge in [-0.15, -0.1) is 0 Å². The first kappa shape index (κ1) is 15.3. The molecule has 0 bridgehead atoms. The lowest BCUT2D eigenvalue weighted by Crippen LogP contribution is -2.17. The molecule has 0 saturated carbocycles. The Labute approximate surface area is 129 Å². The first-order valence-electron chi connectivity index (χ1n) is 5.71. The molecule has 110 valence electrons. The fraction of sp³-hybridized carbons (Fsp3) is 0. The molecular weight excluding hydrogens is 360 g/mol. The summed E-state index contributed by atoms with van der Waals surface area (Å²) < 4.78 is 27.7. The molecule has 0 aromatic heterocycles. The van der Waals surface area contributed by atoms with E-state index in [0.717, 1.165) is 10.5 Å². The van der Waals surface area contributed by atoms with Crippen LogP contribution in [0.5, 0.6) is 0 Å². The fourth-order valence-electron chi connectivity index (χ4n) is 1.68. The van der Waals surface area contributed by atoms with Crippen LogP contribution in [-0.4, -0.2) is 19.5 Å². The third-order valence-electron chi connectivity index (χ3n) is 2.62.